The highest BCUT2D eigenvalue weighted by molar-refractivity contribution is 7.85. The average molecular weight is 471 g/mol. The topological polar surface area (TPSA) is 131 Å². The molecular weight excluding hydrogens is 436 g/mol. The molecule has 0 aliphatic heterocycles. The van der Waals surface area contributed by atoms with Crippen LogP contribution in [-0.2, 0) is 25.1 Å². The van der Waals surface area contributed by atoms with Gasteiger partial charge >= 0.3 is 12.2 Å². The zero-order chi connectivity index (χ0) is 24.7. The van der Waals surface area contributed by atoms with Crippen molar-refractivity contribution in [3.63, 3.8) is 0 Å². The number of nitrogens with one attached hydrogen (secondary N) is 2. The largest absolute Gasteiger partial charge is 0.444 e. The maximum atomic E-state index is 12.8. The molecule has 1 aromatic rings. The number of rotatable bonds is 4. The minimum Gasteiger partial charge on any atom is -0.444 e. The van der Waals surface area contributed by atoms with Crippen LogP contribution in [0.2, 0.25) is 0 Å². The van der Waals surface area contributed by atoms with Crippen LogP contribution in [-0.4, -0.2) is 42.4 Å². The van der Waals surface area contributed by atoms with Crippen molar-refractivity contribution >= 4 is 22.3 Å². The number of carbonyl (C=O) groups excluding carboxylic acids is 2. The first-order valence-electron chi connectivity index (χ1n) is 10.4. The van der Waals surface area contributed by atoms with E-state index in [-0.39, 0.29) is 4.90 Å². The highest BCUT2D eigenvalue weighted by Crippen LogP contribution is 2.46. The van der Waals surface area contributed by atoms with Crippen LogP contribution in [0.15, 0.2) is 17.0 Å². The van der Waals surface area contributed by atoms with E-state index in [9.17, 15) is 22.6 Å². The van der Waals surface area contributed by atoms with Gasteiger partial charge in [0.15, 0.2) is 0 Å². The maximum Gasteiger partial charge on any atom is 0.408 e. The Hall–Kier alpha value is -2.33. The number of benzene rings is 1. The Labute approximate surface area is 190 Å². The predicted molar refractivity (Wildman–Crippen MR) is 119 cm³/mol. The summed E-state index contributed by atoms with van der Waals surface area (Å²) < 4.78 is 44.4. The Morgan fingerprint density at radius 1 is 1.03 bits per heavy atom. The summed E-state index contributed by atoms with van der Waals surface area (Å²) >= 11 is 0. The Kier molecular flexibility index (Phi) is 6.93. The van der Waals surface area contributed by atoms with E-state index < -0.39 is 45.1 Å². The summed E-state index contributed by atoms with van der Waals surface area (Å²) in [5.41, 5.74) is -1.13. The Bertz CT molecular complexity index is 1010. The van der Waals surface area contributed by atoms with Crippen LogP contribution < -0.4 is 10.6 Å². The standard InChI is InChI=1S/C22H34N2O7S/c1-13-9-10-15(32(27,28)29)14(2)17(13)22(24-19(26)31-21(6,7)8)12-11-16(22)23-18(25)30-20(3,4)5/h9-10,16H,11-12H2,1-8H3,(H,23,25)(H,24,26)(H,27,28,29). The number of ether oxygens (including phenoxy) is 2. The lowest BCUT2D eigenvalue weighted by molar-refractivity contribution is 0.0187. The van der Waals surface area contributed by atoms with E-state index >= 15 is 0 Å². The average Bonchev–Trinajstić information content (AvgIpc) is 2.53. The van der Waals surface area contributed by atoms with Crippen molar-refractivity contribution in [1.82, 2.24) is 10.6 Å². The van der Waals surface area contributed by atoms with Crippen molar-refractivity contribution in [1.29, 1.82) is 0 Å². The van der Waals surface area contributed by atoms with E-state index in [0.29, 0.717) is 29.5 Å². The lowest BCUT2D eigenvalue weighted by atomic mass is 9.65. The van der Waals surface area contributed by atoms with Crippen LogP contribution >= 0.6 is 0 Å². The number of hydrogen-bond donors (Lipinski definition) is 3. The van der Waals surface area contributed by atoms with Gasteiger partial charge in [-0.05, 0) is 91.0 Å². The second kappa shape index (κ2) is 8.55. The lowest BCUT2D eigenvalue weighted by Gasteiger charge is -2.51. The number of alkyl carbamates (subject to hydrolysis) is 2. The monoisotopic (exact) mass is 470 g/mol. The molecule has 0 radical (unpaired) electrons. The Morgan fingerprint density at radius 2 is 1.56 bits per heavy atom. The third-order valence-electron chi connectivity index (χ3n) is 5.18. The first kappa shape index (κ1) is 25.9. The van der Waals surface area contributed by atoms with Crippen molar-refractivity contribution in [2.45, 2.75) is 95.9 Å². The van der Waals surface area contributed by atoms with Crippen molar-refractivity contribution in [3.8, 4) is 0 Å². The molecule has 0 spiro atoms. The summed E-state index contributed by atoms with van der Waals surface area (Å²) in [6.07, 6.45) is -0.420. The van der Waals surface area contributed by atoms with Crippen LogP contribution in [0.25, 0.3) is 0 Å². The highest BCUT2D eigenvalue weighted by Gasteiger charge is 2.53. The van der Waals surface area contributed by atoms with Crippen LogP contribution in [0.4, 0.5) is 9.59 Å². The molecule has 0 saturated heterocycles. The molecule has 1 aliphatic carbocycles. The van der Waals surface area contributed by atoms with Crippen LogP contribution in [0.3, 0.4) is 0 Å². The summed E-state index contributed by atoms with van der Waals surface area (Å²) in [7, 11) is -4.49. The smallest absolute Gasteiger partial charge is 0.408 e. The molecule has 180 valence electrons. The van der Waals surface area contributed by atoms with Crippen molar-refractivity contribution in [3.05, 3.63) is 28.8 Å². The highest BCUT2D eigenvalue weighted by atomic mass is 32.2. The van der Waals surface area contributed by atoms with Gasteiger partial charge in [-0.25, -0.2) is 9.59 Å². The fraction of sp³-hybridized carbons (Fsp3) is 0.636. The molecule has 9 nitrogen and oxygen atoms in total. The summed E-state index contributed by atoms with van der Waals surface area (Å²) in [5, 5.41) is 5.67. The molecule has 1 aromatic carbocycles. The van der Waals surface area contributed by atoms with Crippen molar-refractivity contribution < 1.29 is 32.0 Å². The van der Waals surface area contributed by atoms with Gasteiger partial charge in [0.1, 0.15) is 11.2 Å². The van der Waals surface area contributed by atoms with Crippen molar-refractivity contribution in [2.75, 3.05) is 0 Å². The second-order valence-electron chi connectivity index (χ2n) is 10.2. The zero-order valence-corrected chi connectivity index (χ0v) is 20.8. The SMILES string of the molecule is Cc1ccc(S(=O)(=O)O)c(C)c1C1(NC(=O)OC(C)(C)C)CCC1NC(=O)OC(C)(C)C. The normalized spacial score (nSPS) is 21.3. The molecule has 1 saturated carbocycles. The van der Waals surface area contributed by atoms with Crippen LogP contribution in [0.1, 0.15) is 71.1 Å². The van der Waals surface area contributed by atoms with Gasteiger partial charge in [0.05, 0.1) is 16.5 Å². The minimum atomic E-state index is -4.49. The predicted octanol–water partition coefficient (Wildman–Crippen LogP) is 3.96. The number of carbonyl (C=O) groups is 2. The second-order valence-corrected chi connectivity index (χ2v) is 11.6. The Balaban J connectivity index is 2.56. The van der Waals surface area contributed by atoms with Crippen molar-refractivity contribution in [2.24, 2.45) is 0 Å². The maximum absolute atomic E-state index is 12.8. The fourth-order valence-electron chi connectivity index (χ4n) is 4.01. The number of aryl methyl sites for hydroxylation is 1. The van der Waals surface area contributed by atoms with E-state index in [0.717, 1.165) is 0 Å². The molecule has 1 aliphatic rings. The molecular formula is C22H34N2O7S. The Morgan fingerprint density at radius 3 is 2.00 bits per heavy atom. The summed E-state index contributed by atoms with van der Waals surface area (Å²) in [6, 6.07) is 2.30. The third kappa shape index (κ3) is 5.92. The van der Waals surface area contributed by atoms with E-state index in [1.165, 1.54) is 6.07 Å². The van der Waals surface area contributed by atoms with Gasteiger partial charge in [0.2, 0.25) is 0 Å². The van der Waals surface area contributed by atoms with E-state index in [4.69, 9.17) is 9.47 Å². The molecule has 2 unspecified atom stereocenters. The molecule has 3 N–H and O–H groups in total. The molecule has 2 atom stereocenters. The summed E-state index contributed by atoms with van der Waals surface area (Å²) in [5.74, 6) is 0. The molecule has 0 aromatic heterocycles. The first-order chi connectivity index (χ1) is 14.4. The van der Waals surface area contributed by atoms with Gasteiger partial charge in [-0.2, -0.15) is 8.42 Å². The van der Waals surface area contributed by atoms with Gasteiger partial charge in [0.25, 0.3) is 10.1 Å². The number of hydrogen-bond acceptors (Lipinski definition) is 6. The van der Waals surface area contributed by atoms with Gasteiger partial charge in [-0.15, -0.1) is 0 Å². The lowest BCUT2D eigenvalue weighted by Crippen LogP contribution is -2.67. The van der Waals surface area contributed by atoms with Crippen LogP contribution in [0.5, 0.6) is 0 Å². The fourth-order valence-corrected chi connectivity index (χ4v) is 4.74. The molecule has 2 amide bonds. The molecule has 10 heteroatoms. The van der Waals surface area contributed by atoms with Gasteiger partial charge in [-0.3, -0.25) is 4.55 Å². The van der Waals surface area contributed by atoms with Gasteiger partial charge < -0.3 is 20.1 Å². The zero-order valence-electron chi connectivity index (χ0n) is 20.0. The third-order valence-corrected chi connectivity index (χ3v) is 6.18. The van der Waals surface area contributed by atoms with Crippen LogP contribution in [0, 0.1) is 13.8 Å². The van der Waals surface area contributed by atoms with Gasteiger partial charge in [0, 0.05) is 0 Å². The van der Waals surface area contributed by atoms with Gasteiger partial charge in [-0.1, -0.05) is 6.07 Å². The quantitative estimate of drug-likeness (QED) is 0.568. The van der Waals surface area contributed by atoms with E-state index in [1.807, 2.05) is 0 Å². The summed E-state index contributed by atoms with van der Waals surface area (Å²) in [6.45, 7) is 13.7. The molecule has 0 bridgehead atoms. The van der Waals surface area contributed by atoms with E-state index in [1.54, 1.807) is 61.5 Å². The molecule has 32 heavy (non-hydrogen) atoms. The van der Waals surface area contributed by atoms with E-state index in [2.05, 4.69) is 10.6 Å². The number of amides is 2. The molecule has 2 rings (SSSR count). The first-order valence-corrected chi connectivity index (χ1v) is 11.9. The molecule has 0 heterocycles. The minimum absolute atomic E-state index is 0.258. The summed E-state index contributed by atoms with van der Waals surface area (Å²) in [4.78, 5) is 25.0. The molecule has 1 fully saturated rings.